The number of carboxylic acids is 1. The summed E-state index contributed by atoms with van der Waals surface area (Å²) in [5.41, 5.74) is 0.0000381. The summed E-state index contributed by atoms with van der Waals surface area (Å²) in [6, 6.07) is -0.610. The average molecular weight is 283 g/mol. The van der Waals surface area contributed by atoms with Gasteiger partial charge in [-0.3, -0.25) is 0 Å². The number of aromatic carboxylic acids is 1. The van der Waals surface area contributed by atoms with Crippen LogP contribution in [-0.4, -0.2) is 28.6 Å². The van der Waals surface area contributed by atoms with Gasteiger partial charge in [0, 0.05) is 11.9 Å². The zero-order valence-electron chi connectivity index (χ0n) is 10.7. The van der Waals surface area contributed by atoms with E-state index in [0.29, 0.717) is 11.6 Å². The molecule has 0 aliphatic carbocycles. The molecule has 3 N–H and O–H groups in total. The van der Waals surface area contributed by atoms with Gasteiger partial charge in [-0.15, -0.1) is 17.9 Å². The summed E-state index contributed by atoms with van der Waals surface area (Å²) in [7, 11) is 0. The van der Waals surface area contributed by atoms with Gasteiger partial charge in [0.15, 0.2) is 5.69 Å². The molecule has 1 rings (SSSR count). The van der Waals surface area contributed by atoms with Gasteiger partial charge in [-0.25, -0.2) is 14.6 Å². The minimum Gasteiger partial charge on any atom is -0.476 e. The molecule has 2 amide bonds. The Morgan fingerprint density at radius 1 is 1.63 bits per heavy atom. The van der Waals surface area contributed by atoms with Gasteiger partial charge in [0.2, 0.25) is 0 Å². The van der Waals surface area contributed by atoms with Crippen LogP contribution in [0.25, 0.3) is 0 Å². The molecule has 0 spiro atoms. The van der Waals surface area contributed by atoms with Crippen molar-refractivity contribution in [3.05, 3.63) is 28.7 Å². The zero-order chi connectivity index (χ0) is 14.3. The number of nitrogens with zero attached hydrogens (tertiary/aromatic N) is 1. The van der Waals surface area contributed by atoms with Gasteiger partial charge in [-0.05, 0) is 19.8 Å². The lowest BCUT2D eigenvalue weighted by Crippen LogP contribution is -2.37. The molecule has 1 heterocycles. The monoisotopic (exact) mass is 283 g/mol. The first-order chi connectivity index (χ1) is 9.04. The van der Waals surface area contributed by atoms with Crippen molar-refractivity contribution in [3.63, 3.8) is 0 Å². The smallest absolute Gasteiger partial charge is 0.355 e. The van der Waals surface area contributed by atoms with E-state index in [9.17, 15) is 9.59 Å². The molecule has 0 saturated heterocycles. The molecular weight excluding hydrogens is 266 g/mol. The summed E-state index contributed by atoms with van der Waals surface area (Å²) in [5, 5.41) is 16.2. The Kier molecular flexibility index (Phi) is 6.01. The average Bonchev–Trinajstić information content (AvgIpc) is 2.84. The number of unbranched alkanes of at least 4 members (excludes halogenated alkanes) is 1. The standard InChI is InChI=1S/C12H17N3O3S/c1-3-4-5-6-13-12(18)14-8(2)10-15-9(7-19-10)11(16)17/h3,7-8H,1,4-6H2,2H3,(H,16,17)(H2,13,14,18). The first kappa shape index (κ1) is 15.2. The lowest BCUT2D eigenvalue weighted by Gasteiger charge is -2.12. The van der Waals surface area contributed by atoms with Gasteiger partial charge >= 0.3 is 12.0 Å². The van der Waals surface area contributed by atoms with Crippen LogP contribution >= 0.6 is 11.3 Å². The normalized spacial score (nSPS) is 11.6. The number of amides is 2. The van der Waals surface area contributed by atoms with Crippen LogP contribution in [0.2, 0.25) is 0 Å². The second-order valence-corrected chi connectivity index (χ2v) is 4.82. The first-order valence-electron chi connectivity index (χ1n) is 5.88. The minimum absolute atomic E-state index is 0.0000381. The SMILES string of the molecule is C=CCCCNC(=O)NC(C)c1nc(C(=O)O)cs1. The van der Waals surface area contributed by atoms with Crippen molar-refractivity contribution in [2.45, 2.75) is 25.8 Å². The maximum absolute atomic E-state index is 11.5. The number of urea groups is 1. The number of thiazole rings is 1. The molecule has 1 atom stereocenters. The van der Waals surface area contributed by atoms with Crippen molar-refractivity contribution in [2.75, 3.05) is 6.54 Å². The second kappa shape index (κ2) is 7.52. The summed E-state index contributed by atoms with van der Waals surface area (Å²) >= 11 is 1.21. The predicted molar refractivity (Wildman–Crippen MR) is 73.5 cm³/mol. The van der Waals surface area contributed by atoms with Gasteiger partial charge in [-0.2, -0.15) is 0 Å². The highest BCUT2D eigenvalue weighted by atomic mass is 32.1. The summed E-state index contributed by atoms with van der Waals surface area (Å²) < 4.78 is 0. The van der Waals surface area contributed by atoms with E-state index in [4.69, 9.17) is 5.11 Å². The summed E-state index contributed by atoms with van der Waals surface area (Å²) in [5.74, 6) is -1.07. The van der Waals surface area contributed by atoms with E-state index in [0.717, 1.165) is 12.8 Å². The maximum Gasteiger partial charge on any atom is 0.355 e. The van der Waals surface area contributed by atoms with E-state index in [1.54, 1.807) is 13.0 Å². The van der Waals surface area contributed by atoms with E-state index in [-0.39, 0.29) is 17.8 Å². The molecule has 1 aromatic heterocycles. The van der Waals surface area contributed by atoms with Crippen molar-refractivity contribution >= 4 is 23.3 Å². The van der Waals surface area contributed by atoms with E-state index in [1.807, 2.05) is 0 Å². The van der Waals surface area contributed by atoms with Crippen LogP contribution in [0.3, 0.4) is 0 Å². The molecule has 0 bridgehead atoms. The van der Waals surface area contributed by atoms with Gasteiger partial charge < -0.3 is 15.7 Å². The number of carbonyl (C=O) groups excluding carboxylic acids is 1. The Morgan fingerprint density at radius 3 is 2.95 bits per heavy atom. The lowest BCUT2D eigenvalue weighted by molar-refractivity contribution is 0.0691. The van der Waals surface area contributed by atoms with Crippen LogP contribution in [0.4, 0.5) is 4.79 Å². The van der Waals surface area contributed by atoms with Gasteiger partial charge in [0.05, 0.1) is 6.04 Å². The Morgan fingerprint density at radius 2 is 2.37 bits per heavy atom. The molecule has 6 nitrogen and oxygen atoms in total. The summed E-state index contributed by atoms with van der Waals surface area (Å²) in [6.07, 6.45) is 3.49. The van der Waals surface area contributed by atoms with Gasteiger partial charge in [0.1, 0.15) is 5.01 Å². The van der Waals surface area contributed by atoms with Crippen LogP contribution < -0.4 is 10.6 Å². The fourth-order valence-electron chi connectivity index (χ4n) is 1.34. The topological polar surface area (TPSA) is 91.3 Å². The molecule has 0 saturated carbocycles. The highest BCUT2D eigenvalue weighted by Gasteiger charge is 2.15. The zero-order valence-corrected chi connectivity index (χ0v) is 11.5. The third-order valence-electron chi connectivity index (χ3n) is 2.33. The molecule has 0 radical (unpaired) electrons. The number of rotatable bonds is 7. The largest absolute Gasteiger partial charge is 0.476 e. The van der Waals surface area contributed by atoms with Crippen LogP contribution in [0.15, 0.2) is 18.0 Å². The van der Waals surface area contributed by atoms with E-state index in [2.05, 4.69) is 22.2 Å². The van der Waals surface area contributed by atoms with Crippen molar-refractivity contribution in [3.8, 4) is 0 Å². The van der Waals surface area contributed by atoms with Gasteiger partial charge in [-0.1, -0.05) is 6.08 Å². The Labute approximate surface area is 115 Å². The number of carbonyl (C=O) groups is 2. The van der Waals surface area contributed by atoms with Crippen molar-refractivity contribution in [1.82, 2.24) is 15.6 Å². The number of nitrogens with one attached hydrogen (secondary N) is 2. The fourth-order valence-corrected chi connectivity index (χ4v) is 2.14. The highest BCUT2D eigenvalue weighted by molar-refractivity contribution is 7.09. The predicted octanol–water partition coefficient (Wildman–Crippen LogP) is 2.17. The van der Waals surface area contributed by atoms with E-state index >= 15 is 0 Å². The summed E-state index contributed by atoms with van der Waals surface area (Å²) in [6.45, 7) is 5.93. The molecule has 7 heteroatoms. The van der Waals surface area contributed by atoms with Crippen LogP contribution in [0.5, 0.6) is 0 Å². The summed E-state index contributed by atoms with van der Waals surface area (Å²) in [4.78, 5) is 26.2. The molecule has 0 aliphatic rings. The van der Waals surface area contributed by atoms with E-state index < -0.39 is 5.97 Å². The quantitative estimate of drug-likeness (QED) is 0.528. The van der Waals surface area contributed by atoms with Crippen molar-refractivity contribution in [2.24, 2.45) is 0 Å². The Hall–Kier alpha value is -1.89. The molecule has 0 aliphatic heterocycles. The second-order valence-electron chi connectivity index (χ2n) is 3.93. The molecule has 0 fully saturated rings. The maximum atomic E-state index is 11.5. The van der Waals surface area contributed by atoms with Crippen molar-refractivity contribution < 1.29 is 14.7 Å². The number of carboxylic acid groups (broad SMARTS) is 1. The number of allylic oxidation sites excluding steroid dienone is 1. The third kappa shape index (κ3) is 5.09. The Balaban J connectivity index is 2.40. The first-order valence-corrected chi connectivity index (χ1v) is 6.76. The van der Waals surface area contributed by atoms with Crippen LogP contribution in [0, 0.1) is 0 Å². The molecule has 104 valence electrons. The molecule has 1 aromatic rings. The number of aromatic nitrogens is 1. The Bertz CT molecular complexity index is 459. The molecule has 0 aromatic carbocycles. The number of hydrogen-bond acceptors (Lipinski definition) is 4. The lowest BCUT2D eigenvalue weighted by atomic mass is 10.3. The fraction of sp³-hybridized carbons (Fsp3) is 0.417. The van der Waals surface area contributed by atoms with Crippen molar-refractivity contribution in [1.29, 1.82) is 0 Å². The van der Waals surface area contributed by atoms with E-state index in [1.165, 1.54) is 16.7 Å². The third-order valence-corrected chi connectivity index (χ3v) is 3.36. The number of hydrogen-bond donors (Lipinski definition) is 3. The molecular formula is C12H17N3O3S. The van der Waals surface area contributed by atoms with Crippen LogP contribution in [0.1, 0.15) is 41.3 Å². The van der Waals surface area contributed by atoms with Gasteiger partial charge in [0.25, 0.3) is 0 Å². The highest BCUT2D eigenvalue weighted by Crippen LogP contribution is 2.17. The van der Waals surface area contributed by atoms with Crippen LogP contribution in [-0.2, 0) is 0 Å². The minimum atomic E-state index is -1.07. The molecule has 1 unspecified atom stereocenters. The molecule has 19 heavy (non-hydrogen) atoms.